The first-order chi connectivity index (χ1) is 17.1. The molecule has 0 spiro atoms. The summed E-state index contributed by atoms with van der Waals surface area (Å²) >= 11 is 8.08. The SMILES string of the molecule is O=C1C(Cl)C(c2sc3nc4ccccc4n3c2-c2cc3ccccc3oc2=O)N1c1ccccc1. The quantitative estimate of drug-likeness (QED) is 0.170. The van der Waals surface area contributed by atoms with E-state index in [1.165, 1.54) is 11.3 Å². The Kier molecular flexibility index (Phi) is 4.40. The van der Waals surface area contributed by atoms with Crippen LogP contribution in [-0.4, -0.2) is 20.7 Å². The molecule has 6 nitrogen and oxygen atoms in total. The van der Waals surface area contributed by atoms with Gasteiger partial charge in [0.05, 0.1) is 33.2 Å². The van der Waals surface area contributed by atoms with Gasteiger partial charge in [0.1, 0.15) is 11.0 Å². The van der Waals surface area contributed by atoms with Crippen molar-refractivity contribution >= 4 is 61.5 Å². The number of aromatic nitrogens is 2. The van der Waals surface area contributed by atoms with Gasteiger partial charge in [-0.1, -0.05) is 59.9 Å². The summed E-state index contributed by atoms with van der Waals surface area (Å²) in [5.74, 6) is -0.171. The molecule has 2 atom stereocenters. The number of rotatable bonds is 3. The van der Waals surface area contributed by atoms with Gasteiger partial charge < -0.3 is 9.32 Å². The number of benzene rings is 3. The molecule has 1 saturated heterocycles. The predicted molar refractivity (Wildman–Crippen MR) is 138 cm³/mol. The number of imidazole rings is 1. The summed E-state index contributed by atoms with van der Waals surface area (Å²) in [6.45, 7) is 0. The number of nitrogens with zero attached hydrogens (tertiary/aromatic N) is 3. The van der Waals surface area contributed by atoms with Gasteiger partial charge in [0.2, 0.25) is 5.91 Å². The second kappa shape index (κ2) is 7.53. The Morgan fingerprint density at radius 1 is 0.914 bits per heavy atom. The van der Waals surface area contributed by atoms with Crippen LogP contribution < -0.4 is 10.5 Å². The van der Waals surface area contributed by atoms with Crippen molar-refractivity contribution in [3.05, 3.63) is 100 Å². The number of fused-ring (bicyclic) bond motifs is 4. The Bertz CT molecular complexity index is 1840. The van der Waals surface area contributed by atoms with Gasteiger partial charge in [0, 0.05) is 11.1 Å². The molecule has 0 bridgehead atoms. The number of hydrogen-bond donors (Lipinski definition) is 0. The standard InChI is InChI=1S/C27H16ClN3O3S/c28-21-23(30(25(21)32)16-9-2-1-3-10-16)24-22(17-14-15-8-4-7-13-20(15)34-26(17)33)31-19-12-6-5-11-18(19)29-27(31)35-24/h1-14,21,23H. The van der Waals surface area contributed by atoms with E-state index in [4.69, 9.17) is 21.0 Å². The molecule has 1 amide bonds. The highest BCUT2D eigenvalue weighted by atomic mass is 35.5. The fraction of sp³-hybridized carbons (Fsp3) is 0.0741. The lowest BCUT2D eigenvalue weighted by molar-refractivity contribution is -0.123. The summed E-state index contributed by atoms with van der Waals surface area (Å²) in [7, 11) is 0. The van der Waals surface area contributed by atoms with E-state index < -0.39 is 17.0 Å². The van der Waals surface area contributed by atoms with Crippen molar-refractivity contribution in [3.8, 4) is 11.3 Å². The normalized spacial score (nSPS) is 18.0. The highest BCUT2D eigenvalue weighted by Gasteiger charge is 2.50. The van der Waals surface area contributed by atoms with E-state index in [1.54, 1.807) is 11.0 Å². The molecule has 4 heterocycles. The monoisotopic (exact) mass is 497 g/mol. The van der Waals surface area contributed by atoms with Crippen molar-refractivity contribution in [2.45, 2.75) is 11.4 Å². The van der Waals surface area contributed by atoms with Crippen LogP contribution in [0.15, 0.2) is 94.1 Å². The Morgan fingerprint density at radius 3 is 2.51 bits per heavy atom. The van der Waals surface area contributed by atoms with Crippen molar-refractivity contribution in [3.63, 3.8) is 0 Å². The number of carbonyl (C=O) groups excluding carboxylic acids is 1. The van der Waals surface area contributed by atoms with Gasteiger partial charge >= 0.3 is 5.63 Å². The summed E-state index contributed by atoms with van der Waals surface area (Å²) in [6.07, 6.45) is 0. The minimum absolute atomic E-state index is 0.171. The van der Waals surface area contributed by atoms with E-state index in [-0.39, 0.29) is 5.91 Å². The second-order valence-corrected chi connectivity index (χ2v) is 9.89. The van der Waals surface area contributed by atoms with E-state index >= 15 is 0 Å². The number of alkyl halides is 1. The van der Waals surface area contributed by atoms with Crippen molar-refractivity contribution < 1.29 is 9.21 Å². The van der Waals surface area contributed by atoms with Gasteiger partial charge in [-0.25, -0.2) is 9.78 Å². The van der Waals surface area contributed by atoms with Crippen molar-refractivity contribution in [2.24, 2.45) is 0 Å². The van der Waals surface area contributed by atoms with Crippen LogP contribution in [0.3, 0.4) is 0 Å². The summed E-state index contributed by atoms with van der Waals surface area (Å²) in [4.78, 5) is 34.2. The number of anilines is 1. The van der Waals surface area contributed by atoms with E-state index in [0.717, 1.165) is 31.9 Å². The zero-order chi connectivity index (χ0) is 23.7. The maximum atomic E-state index is 13.3. The van der Waals surface area contributed by atoms with Crippen LogP contribution in [-0.2, 0) is 4.79 Å². The molecule has 3 aromatic heterocycles. The van der Waals surface area contributed by atoms with Gasteiger partial charge in [0.15, 0.2) is 4.96 Å². The van der Waals surface area contributed by atoms with E-state index in [9.17, 15) is 9.59 Å². The molecule has 3 aromatic carbocycles. The molecule has 35 heavy (non-hydrogen) atoms. The maximum Gasteiger partial charge on any atom is 0.345 e. The van der Waals surface area contributed by atoms with E-state index in [1.807, 2.05) is 83.3 Å². The maximum absolute atomic E-state index is 13.3. The molecule has 1 aliphatic rings. The second-order valence-electron chi connectivity index (χ2n) is 8.41. The Hall–Kier alpha value is -3.94. The molecular weight excluding hydrogens is 482 g/mol. The van der Waals surface area contributed by atoms with Gasteiger partial charge in [-0.05, 0) is 36.4 Å². The van der Waals surface area contributed by atoms with Crippen LogP contribution in [0.4, 0.5) is 5.69 Å². The van der Waals surface area contributed by atoms with Crippen molar-refractivity contribution in [1.82, 2.24) is 9.38 Å². The number of halogens is 1. The van der Waals surface area contributed by atoms with Crippen LogP contribution in [0.5, 0.6) is 0 Å². The molecule has 6 aromatic rings. The molecule has 1 aliphatic heterocycles. The largest absolute Gasteiger partial charge is 0.422 e. The lowest BCUT2D eigenvalue weighted by atomic mass is 9.95. The minimum atomic E-state index is -0.754. The van der Waals surface area contributed by atoms with Crippen LogP contribution >= 0.6 is 22.9 Å². The molecule has 2 unspecified atom stereocenters. The third-order valence-corrected chi connectivity index (χ3v) is 7.95. The van der Waals surface area contributed by atoms with E-state index in [2.05, 4.69) is 0 Å². The highest BCUT2D eigenvalue weighted by Crippen LogP contribution is 2.48. The third-order valence-electron chi connectivity index (χ3n) is 6.42. The number of para-hydroxylation sites is 4. The lowest BCUT2D eigenvalue weighted by Crippen LogP contribution is -2.56. The zero-order valence-corrected chi connectivity index (χ0v) is 19.7. The van der Waals surface area contributed by atoms with Crippen LogP contribution in [0, 0.1) is 0 Å². The fourth-order valence-corrected chi connectivity index (χ4v) is 6.51. The van der Waals surface area contributed by atoms with Crippen LogP contribution in [0.25, 0.3) is 38.2 Å². The number of β-lactam (4-membered cyclic amide) rings is 1. The number of carbonyl (C=O) groups is 1. The number of thiazole rings is 1. The molecule has 0 N–H and O–H groups in total. The summed E-state index contributed by atoms with van der Waals surface area (Å²) in [5.41, 5.74) is 3.58. The van der Waals surface area contributed by atoms with Gasteiger partial charge in [0.25, 0.3) is 0 Å². The topological polar surface area (TPSA) is 67.8 Å². The molecule has 0 radical (unpaired) electrons. The van der Waals surface area contributed by atoms with Crippen molar-refractivity contribution in [1.29, 1.82) is 0 Å². The summed E-state index contributed by atoms with van der Waals surface area (Å²) in [5, 5.41) is 0.0555. The average Bonchev–Trinajstić information content (AvgIpc) is 3.42. The first-order valence-corrected chi connectivity index (χ1v) is 12.3. The van der Waals surface area contributed by atoms with E-state index in [0.29, 0.717) is 16.8 Å². The Balaban J connectivity index is 1.55. The smallest absolute Gasteiger partial charge is 0.345 e. The Labute approximate surface area is 207 Å². The molecule has 1 fully saturated rings. The van der Waals surface area contributed by atoms with Gasteiger partial charge in [-0.15, -0.1) is 11.6 Å². The molecule has 8 heteroatoms. The first-order valence-electron chi connectivity index (χ1n) is 11.1. The third kappa shape index (κ3) is 2.92. The number of hydrogen-bond acceptors (Lipinski definition) is 5. The fourth-order valence-electron chi connectivity index (χ4n) is 4.81. The number of amides is 1. The minimum Gasteiger partial charge on any atom is -0.422 e. The molecular formula is C27H16ClN3O3S. The zero-order valence-electron chi connectivity index (χ0n) is 18.1. The molecule has 0 saturated carbocycles. The average molecular weight is 498 g/mol. The van der Waals surface area contributed by atoms with Crippen LogP contribution in [0.2, 0.25) is 0 Å². The predicted octanol–water partition coefficient (Wildman–Crippen LogP) is 6.02. The molecule has 7 rings (SSSR count). The van der Waals surface area contributed by atoms with Gasteiger partial charge in [-0.2, -0.15) is 0 Å². The first kappa shape index (κ1) is 20.4. The summed E-state index contributed by atoms with van der Waals surface area (Å²) in [6, 6.07) is 26.0. The van der Waals surface area contributed by atoms with Gasteiger partial charge in [-0.3, -0.25) is 9.20 Å². The lowest BCUT2D eigenvalue weighted by Gasteiger charge is -2.44. The van der Waals surface area contributed by atoms with Crippen molar-refractivity contribution in [2.75, 3.05) is 4.90 Å². The molecule has 0 aliphatic carbocycles. The Morgan fingerprint density at radius 2 is 1.66 bits per heavy atom. The van der Waals surface area contributed by atoms with Crippen LogP contribution in [0.1, 0.15) is 10.9 Å². The highest BCUT2D eigenvalue weighted by molar-refractivity contribution is 7.17. The molecule has 170 valence electrons. The summed E-state index contributed by atoms with van der Waals surface area (Å²) < 4.78 is 7.68.